The normalized spacial score (nSPS) is 11.8. The Morgan fingerprint density at radius 3 is 2.14 bits per heavy atom. The van der Waals surface area contributed by atoms with E-state index in [1.165, 1.54) is 16.7 Å². The van der Waals surface area contributed by atoms with Crippen molar-refractivity contribution in [2.45, 2.75) is 33.2 Å². The van der Waals surface area contributed by atoms with Crippen molar-refractivity contribution in [3.05, 3.63) is 143 Å². The van der Waals surface area contributed by atoms with E-state index in [0.717, 1.165) is 28.1 Å². The van der Waals surface area contributed by atoms with Crippen LogP contribution in [0.2, 0.25) is 0 Å². The third-order valence-corrected chi connectivity index (χ3v) is 6.81. The molecule has 0 spiro atoms. The molecular formula is C33H31N3O. The van der Waals surface area contributed by atoms with Crippen molar-refractivity contribution in [2.75, 3.05) is 0 Å². The Kier molecular flexibility index (Phi) is 7.00. The van der Waals surface area contributed by atoms with Crippen LogP contribution in [-0.2, 0) is 6.42 Å². The molecule has 0 aliphatic heterocycles. The molecular weight excluding hydrogens is 454 g/mol. The zero-order chi connectivity index (χ0) is 25.8. The number of nitrogens with zero attached hydrogens (tertiary/aromatic N) is 2. The fourth-order valence-corrected chi connectivity index (χ4v) is 4.49. The van der Waals surface area contributed by atoms with Gasteiger partial charge in [0, 0.05) is 5.56 Å². The minimum Gasteiger partial charge on any atom is -0.344 e. The van der Waals surface area contributed by atoms with Gasteiger partial charge in [0.2, 0.25) is 0 Å². The summed E-state index contributed by atoms with van der Waals surface area (Å²) in [6.45, 7) is 6.24. The lowest BCUT2D eigenvalue weighted by Crippen LogP contribution is -2.31. The number of rotatable bonds is 7. The second kappa shape index (κ2) is 10.7. The van der Waals surface area contributed by atoms with Crippen molar-refractivity contribution in [1.29, 1.82) is 0 Å². The molecule has 37 heavy (non-hydrogen) atoms. The van der Waals surface area contributed by atoms with Gasteiger partial charge in [0.15, 0.2) is 0 Å². The van der Waals surface area contributed by atoms with Gasteiger partial charge in [0.05, 0.1) is 17.4 Å². The molecule has 0 aliphatic carbocycles. The van der Waals surface area contributed by atoms with Gasteiger partial charge in [-0.3, -0.25) is 4.79 Å². The Morgan fingerprint density at radius 2 is 1.46 bits per heavy atom. The number of aryl methyl sites for hydroxylation is 3. The molecule has 4 heteroatoms. The minimum absolute atomic E-state index is 0.159. The zero-order valence-electron chi connectivity index (χ0n) is 21.5. The smallest absolute Gasteiger partial charge is 0.270 e. The van der Waals surface area contributed by atoms with Crippen LogP contribution in [-0.4, -0.2) is 15.7 Å². The lowest BCUT2D eigenvalue weighted by Gasteiger charge is -2.20. The maximum atomic E-state index is 13.9. The van der Waals surface area contributed by atoms with Crippen LogP contribution in [0.3, 0.4) is 0 Å². The highest BCUT2D eigenvalue weighted by Gasteiger charge is 2.22. The van der Waals surface area contributed by atoms with Gasteiger partial charge in [-0.1, -0.05) is 90.5 Å². The molecule has 1 N–H and O–H groups in total. The lowest BCUT2D eigenvalue weighted by atomic mass is 9.98. The number of amides is 1. The molecule has 4 aromatic carbocycles. The van der Waals surface area contributed by atoms with Crippen molar-refractivity contribution >= 4 is 5.91 Å². The second-order valence-corrected chi connectivity index (χ2v) is 9.59. The number of hydrogen-bond donors (Lipinski definition) is 1. The van der Waals surface area contributed by atoms with Crippen LogP contribution in [0.25, 0.3) is 16.9 Å². The molecule has 5 rings (SSSR count). The predicted octanol–water partition coefficient (Wildman–Crippen LogP) is 7.18. The Hall–Kier alpha value is -4.44. The summed E-state index contributed by atoms with van der Waals surface area (Å²) >= 11 is 0. The van der Waals surface area contributed by atoms with Crippen molar-refractivity contribution in [2.24, 2.45) is 0 Å². The Bertz CT molecular complexity index is 1500. The molecule has 1 aromatic heterocycles. The van der Waals surface area contributed by atoms with Crippen LogP contribution in [0, 0.1) is 20.8 Å². The molecule has 0 saturated carbocycles. The number of hydrogen-bond acceptors (Lipinski definition) is 2. The summed E-state index contributed by atoms with van der Waals surface area (Å²) in [5, 5.41) is 8.20. The van der Waals surface area contributed by atoms with Crippen LogP contribution >= 0.6 is 0 Å². The first-order valence-electron chi connectivity index (χ1n) is 12.6. The third-order valence-electron chi connectivity index (χ3n) is 6.81. The number of nitrogens with one attached hydrogen (secondary N) is 1. The van der Waals surface area contributed by atoms with Gasteiger partial charge in [-0.25, -0.2) is 4.68 Å². The molecule has 0 fully saturated rings. The average Bonchev–Trinajstić information content (AvgIpc) is 3.37. The van der Waals surface area contributed by atoms with Crippen molar-refractivity contribution in [1.82, 2.24) is 15.1 Å². The van der Waals surface area contributed by atoms with Gasteiger partial charge in [-0.05, 0) is 73.7 Å². The van der Waals surface area contributed by atoms with Gasteiger partial charge in [-0.15, -0.1) is 0 Å². The summed E-state index contributed by atoms with van der Waals surface area (Å²) in [5.74, 6) is -0.159. The van der Waals surface area contributed by atoms with E-state index in [9.17, 15) is 4.79 Å². The highest BCUT2D eigenvalue weighted by Crippen LogP contribution is 2.26. The van der Waals surface area contributed by atoms with Crippen molar-refractivity contribution in [3.63, 3.8) is 0 Å². The first-order chi connectivity index (χ1) is 18.0. The average molecular weight is 486 g/mol. The summed E-state index contributed by atoms with van der Waals surface area (Å²) in [6, 6.07) is 36.5. The first kappa shape index (κ1) is 24.3. The summed E-state index contributed by atoms with van der Waals surface area (Å²) in [6.07, 6.45) is 0.694. The van der Waals surface area contributed by atoms with E-state index in [4.69, 9.17) is 5.10 Å². The Labute approximate surface area is 218 Å². The molecule has 184 valence electrons. The van der Waals surface area contributed by atoms with Crippen molar-refractivity contribution in [3.8, 4) is 16.9 Å². The Balaban J connectivity index is 1.54. The molecule has 4 nitrogen and oxygen atoms in total. The molecule has 1 unspecified atom stereocenters. The number of carbonyl (C=O) groups excluding carboxylic acids is 1. The van der Waals surface area contributed by atoms with Gasteiger partial charge >= 0.3 is 0 Å². The molecule has 0 bridgehead atoms. The molecule has 1 atom stereocenters. The summed E-state index contributed by atoms with van der Waals surface area (Å²) in [5.41, 5.74) is 8.93. The summed E-state index contributed by atoms with van der Waals surface area (Å²) < 4.78 is 1.75. The van der Waals surface area contributed by atoms with Crippen LogP contribution in [0.1, 0.15) is 44.3 Å². The standard InChI is InChI=1S/C33H31N3O/c1-23-14-18-29(19-15-23)36-32(22-31(35-36)28-17-16-24(2)25(3)20-28)33(37)34-30(27-12-8-5-9-13-27)21-26-10-6-4-7-11-26/h4-20,22,30H,21H2,1-3H3,(H,34,37). The van der Waals surface area contributed by atoms with E-state index in [0.29, 0.717) is 12.1 Å². The molecule has 1 amide bonds. The molecule has 0 aliphatic rings. The van der Waals surface area contributed by atoms with Crippen LogP contribution in [0.4, 0.5) is 0 Å². The summed E-state index contributed by atoms with van der Waals surface area (Å²) in [4.78, 5) is 13.9. The van der Waals surface area contributed by atoms with Gasteiger partial charge in [0.1, 0.15) is 5.69 Å². The van der Waals surface area contributed by atoms with E-state index in [1.54, 1.807) is 4.68 Å². The zero-order valence-corrected chi connectivity index (χ0v) is 21.5. The Morgan fingerprint density at radius 1 is 0.784 bits per heavy atom. The quantitative estimate of drug-likeness (QED) is 0.265. The highest BCUT2D eigenvalue weighted by molar-refractivity contribution is 5.94. The van der Waals surface area contributed by atoms with Gasteiger partial charge < -0.3 is 5.32 Å². The van der Waals surface area contributed by atoms with E-state index in [-0.39, 0.29) is 11.9 Å². The second-order valence-electron chi connectivity index (χ2n) is 9.59. The fourth-order valence-electron chi connectivity index (χ4n) is 4.49. The first-order valence-corrected chi connectivity index (χ1v) is 12.6. The van der Waals surface area contributed by atoms with E-state index < -0.39 is 0 Å². The number of benzene rings is 4. The van der Waals surface area contributed by atoms with E-state index in [2.05, 4.69) is 68.6 Å². The monoisotopic (exact) mass is 485 g/mol. The fraction of sp³-hybridized carbons (Fsp3) is 0.152. The third kappa shape index (κ3) is 5.54. The number of carbonyl (C=O) groups is 1. The molecule has 0 radical (unpaired) electrons. The number of aromatic nitrogens is 2. The predicted molar refractivity (Wildman–Crippen MR) is 150 cm³/mol. The topological polar surface area (TPSA) is 46.9 Å². The van der Waals surface area contributed by atoms with Crippen LogP contribution in [0.15, 0.2) is 109 Å². The van der Waals surface area contributed by atoms with Crippen molar-refractivity contribution < 1.29 is 4.79 Å². The van der Waals surface area contributed by atoms with E-state index in [1.807, 2.05) is 66.7 Å². The van der Waals surface area contributed by atoms with E-state index >= 15 is 0 Å². The van der Waals surface area contributed by atoms with Crippen LogP contribution in [0.5, 0.6) is 0 Å². The molecule has 0 saturated heterocycles. The minimum atomic E-state index is -0.178. The molecule has 5 aromatic rings. The van der Waals surface area contributed by atoms with Gasteiger partial charge in [-0.2, -0.15) is 5.10 Å². The lowest BCUT2D eigenvalue weighted by molar-refractivity contribution is 0.0928. The maximum absolute atomic E-state index is 13.9. The summed E-state index contributed by atoms with van der Waals surface area (Å²) in [7, 11) is 0. The SMILES string of the molecule is Cc1ccc(-n2nc(-c3ccc(C)c(C)c3)cc2C(=O)NC(Cc2ccccc2)c2ccccc2)cc1. The van der Waals surface area contributed by atoms with Gasteiger partial charge in [0.25, 0.3) is 5.91 Å². The highest BCUT2D eigenvalue weighted by atomic mass is 16.2. The van der Waals surface area contributed by atoms with Crippen LogP contribution < -0.4 is 5.32 Å². The maximum Gasteiger partial charge on any atom is 0.270 e. The largest absolute Gasteiger partial charge is 0.344 e. The molecule has 1 heterocycles.